The van der Waals surface area contributed by atoms with Crippen molar-refractivity contribution in [3.05, 3.63) is 72.6 Å². The third kappa shape index (κ3) is 5.73. The number of benzene rings is 2. The molecule has 2 aromatic heterocycles. The number of imidazole rings is 1. The highest BCUT2D eigenvalue weighted by Crippen LogP contribution is 2.32. The molecule has 10 heteroatoms. The van der Waals surface area contributed by atoms with Crippen molar-refractivity contribution in [3.8, 4) is 22.9 Å². The van der Waals surface area contributed by atoms with Crippen LogP contribution in [0, 0.1) is 6.92 Å². The number of alkyl halides is 3. The van der Waals surface area contributed by atoms with Crippen LogP contribution in [0.1, 0.15) is 5.69 Å². The third-order valence-electron chi connectivity index (χ3n) is 4.54. The highest BCUT2D eigenvalue weighted by Gasteiger charge is 2.30. The van der Waals surface area contributed by atoms with Crippen LogP contribution in [0.5, 0.6) is 11.5 Å². The van der Waals surface area contributed by atoms with Crippen molar-refractivity contribution in [2.24, 2.45) is 0 Å². The van der Waals surface area contributed by atoms with Crippen LogP contribution in [-0.4, -0.2) is 28.4 Å². The molecule has 2 heterocycles. The fourth-order valence-corrected chi connectivity index (χ4v) is 3.13. The van der Waals surface area contributed by atoms with Gasteiger partial charge in [-0.3, -0.25) is 0 Å². The normalized spacial score (nSPS) is 11.2. The van der Waals surface area contributed by atoms with E-state index < -0.39 is 6.36 Å². The van der Waals surface area contributed by atoms with Crippen molar-refractivity contribution in [2.75, 3.05) is 17.7 Å². The van der Waals surface area contributed by atoms with Gasteiger partial charge in [-0.15, -0.1) is 13.2 Å². The van der Waals surface area contributed by atoms with Crippen LogP contribution in [0.3, 0.4) is 0 Å². The average molecular weight is 455 g/mol. The molecular weight excluding hydrogens is 435 g/mol. The van der Waals surface area contributed by atoms with E-state index in [4.69, 9.17) is 4.74 Å². The van der Waals surface area contributed by atoms with Gasteiger partial charge in [0.05, 0.1) is 18.4 Å². The number of methoxy groups -OCH3 is 1. The molecule has 0 aliphatic heterocycles. The molecule has 4 aromatic rings. The quantitative estimate of drug-likeness (QED) is 0.309. The summed E-state index contributed by atoms with van der Waals surface area (Å²) in [6, 6.07) is 16.4. The second-order valence-corrected chi connectivity index (χ2v) is 7.04. The van der Waals surface area contributed by atoms with E-state index in [2.05, 4.69) is 30.3 Å². The van der Waals surface area contributed by atoms with Crippen LogP contribution in [0.2, 0.25) is 0 Å². The number of nitrogens with zero attached hydrogens (tertiary/aromatic N) is 2. The van der Waals surface area contributed by atoms with Crippen molar-refractivity contribution in [3.63, 3.8) is 0 Å². The molecule has 170 valence electrons. The minimum Gasteiger partial charge on any atom is -0.496 e. The molecule has 33 heavy (non-hydrogen) atoms. The van der Waals surface area contributed by atoms with Crippen molar-refractivity contribution < 1.29 is 22.6 Å². The Labute approximate surface area is 187 Å². The average Bonchev–Trinajstić information content (AvgIpc) is 3.20. The maximum atomic E-state index is 12.3. The summed E-state index contributed by atoms with van der Waals surface area (Å²) in [7, 11) is 1.59. The number of nitrogens with one attached hydrogen (secondary N) is 3. The number of pyridine rings is 1. The van der Waals surface area contributed by atoms with Crippen molar-refractivity contribution in [1.82, 2.24) is 15.0 Å². The largest absolute Gasteiger partial charge is 0.573 e. The van der Waals surface area contributed by atoms with Crippen molar-refractivity contribution in [1.29, 1.82) is 0 Å². The lowest BCUT2D eigenvalue weighted by Crippen LogP contribution is -2.16. The van der Waals surface area contributed by atoms with Crippen LogP contribution in [0.25, 0.3) is 11.4 Å². The molecule has 0 aliphatic carbocycles. The molecule has 0 radical (unpaired) electrons. The number of H-pyrrole nitrogens is 1. The van der Waals surface area contributed by atoms with E-state index in [0.29, 0.717) is 28.9 Å². The molecule has 4 rings (SSSR count). The van der Waals surface area contributed by atoms with Gasteiger partial charge in [0.1, 0.15) is 29.0 Å². The van der Waals surface area contributed by atoms with Crippen LogP contribution in [0.15, 0.2) is 66.9 Å². The van der Waals surface area contributed by atoms with Gasteiger partial charge in [0, 0.05) is 23.6 Å². The molecule has 0 unspecified atom stereocenters. The Hall–Kier alpha value is -4.21. The molecule has 0 saturated heterocycles. The lowest BCUT2D eigenvalue weighted by molar-refractivity contribution is -0.274. The third-order valence-corrected chi connectivity index (χ3v) is 4.54. The maximum absolute atomic E-state index is 12.3. The minimum absolute atomic E-state index is 0.293. The maximum Gasteiger partial charge on any atom is 0.573 e. The van der Waals surface area contributed by atoms with E-state index in [1.165, 1.54) is 24.3 Å². The number of ether oxygens (including phenoxy) is 2. The van der Waals surface area contributed by atoms with Gasteiger partial charge in [0.15, 0.2) is 0 Å². The van der Waals surface area contributed by atoms with Gasteiger partial charge in [0.2, 0.25) is 0 Å². The standard InChI is InChI=1S/C23H20F3N5O2/c1-14-13-27-22(28-14)18-11-8-16(12-19(18)32-2)30-21-5-3-4-20(31-21)29-15-6-9-17(10-7-15)33-23(24,25)26/h3-13H,1-2H3,(H,27,28)(H2,29,30,31). The summed E-state index contributed by atoms with van der Waals surface area (Å²) < 4.78 is 46.3. The minimum atomic E-state index is -4.73. The summed E-state index contributed by atoms with van der Waals surface area (Å²) in [5.74, 6) is 2.15. The van der Waals surface area contributed by atoms with Crippen LogP contribution in [-0.2, 0) is 0 Å². The Kier molecular flexibility index (Phi) is 6.07. The SMILES string of the molecule is COc1cc(Nc2cccc(Nc3ccc(OC(F)(F)F)cc3)n2)ccc1-c1nc(C)c[nH]1. The Morgan fingerprint density at radius 2 is 1.55 bits per heavy atom. The van der Waals surface area contributed by atoms with Gasteiger partial charge in [-0.1, -0.05) is 6.07 Å². The molecule has 0 aliphatic rings. The lowest BCUT2D eigenvalue weighted by Gasteiger charge is -2.12. The molecule has 0 atom stereocenters. The van der Waals surface area contributed by atoms with E-state index in [0.717, 1.165) is 16.9 Å². The molecular formula is C23H20F3N5O2. The highest BCUT2D eigenvalue weighted by molar-refractivity contribution is 5.71. The number of aryl methyl sites for hydroxylation is 1. The first-order valence-corrected chi connectivity index (χ1v) is 9.86. The molecule has 0 bridgehead atoms. The molecule has 2 aromatic carbocycles. The van der Waals surface area contributed by atoms with Crippen LogP contribution < -0.4 is 20.1 Å². The fraction of sp³-hybridized carbons (Fsp3) is 0.130. The first-order chi connectivity index (χ1) is 15.8. The van der Waals surface area contributed by atoms with E-state index in [1.807, 2.05) is 31.3 Å². The number of rotatable bonds is 7. The predicted octanol–water partition coefficient (Wildman–Crippen LogP) is 6.17. The zero-order chi connectivity index (χ0) is 23.4. The molecule has 0 spiro atoms. The van der Waals surface area contributed by atoms with E-state index in [-0.39, 0.29) is 5.75 Å². The summed E-state index contributed by atoms with van der Waals surface area (Å²) in [6.07, 6.45) is -2.91. The van der Waals surface area contributed by atoms with E-state index >= 15 is 0 Å². The molecule has 0 amide bonds. The van der Waals surface area contributed by atoms with Crippen LogP contribution in [0.4, 0.5) is 36.2 Å². The zero-order valence-corrected chi connectivity index (χ0v) is 17.7. The zero-order valence-electron chi connectivity index (χ0n) is 17.7. The first kappa shape index (κ1) is 22.0. The predicted molar refractivity (Wildman–Crippen MR) is 119 cm³/mol. The van der Waals surface area contributed by atoms with Gasteiger partial charge in [-0.2, -0.15) is 0 Å². The summed E-state index contributed by atoms with van der Waals surface area (Å²) in [5.41, 5.74) is 3.04. The number of hydrogen-bond donors (Lipinski definition) is 3. The summed E-state index contributed by atoms with van der Waals surface area (Å²) in [5, 5.41) is 6.27. The fourth-order valence-electron chi connectivity index (χ4n) is 3.13. The van der Waals surface area contributed by atoms with Gasteiger partial charge in [0.25, 0.3) is 0 Å². The number of aromatic amines is 1. The first-order valence-electron chi connectivity index (χ1n) is 9.86. The smallest absolute Gasteiger partial charge is 0.496 e. The van der Waals surface area contributed by atoms with E-state index in [9.17, 15) is 13.2 Å². The Bertz CT molecular complexity index is 1240. The second-order valence-electron chi connectivity index (χ2n) is 7.04. The summed E-state index contributed by atoms with van der Waals surface area (Å²) >= 11 is 0. The molecule has 7 nitrogen and oxygen atoms in total. The Morgan fingerprint density at radius 3 is 2.15 bits per heavy atom. The topological polar surface area (TPSA) is 84.1 Å². The van der Waals surface area contributed by atoms with Gasteiger partial charge < -0.3 is 25.1 Å². The monoisotopic (exact) mass is 455 g/mol. The van der Waals surface area contributed by atoms with Gasteiger partial charge in [-0.25, -0.2) is 9.97 Å². The second kappa shape index (κ2) is 9.11. The van der Waals surface area contributed by atoms with Gasteiger partial charge in [-0.05, 0) is 55.5 Å². The number of anilines is 4. The summed E-state index contributed by atoms with van der Waals surface area (Å²) in [4.78, 5) is 12.0. The lowest BCUT2D eigenvalue weighted by atomic mass is 10.1. The van der Waals surface area contributed by atoms with Crippen molar-refractivity contribution >= 4 is 23.0 Å². The van der Waals surface area contributed by atoms with Crippen molar-refractivity contribution in [2.45, 2.75) is 13.3 Å². The Morgan fingerprint density at radius 1 is 0.879 bits per heavy atom. The molecule has 3 N–H and O–H groups in total. The summed E-state index contributed by atoms with van der Waals surface area (Å²) in [6.45, 7) is 1.90. The molecule has 0 saturated carbocycles. The number of halogens is 3. The van der Waals surface area contributed by atoms with Crippen LogP contribution >= 0.6 is 0 Å². The van der Waals surface area contributed by atoms with Gasteiger partial charge >= 0.3 is 6.36 Å². The number of aromatic nitrogens is 3. The van der Waals surface area contributed by atoms with E-state index in [1.54, 1.807) is 25.3 Å². The molecule has 0 fully saturated rings. The highest BCUT2D eigenvalue weighted by atomic mass is 19.4. The number of hydrogen-bond acceptors (Lipinski definition) is 6. The Balaban J connectivity index is 1.47.